The van der Waals surface area contributed by atoms with Crippen LogP contribution >= 0.6 is 0 Å². The smallest absolute Gasteiger partial charge is 0.342 e. The third-order valence-corrected chi connectivity index (χ3v) is 3.75. The quantitative estimate of drug-likeness (QED) is 0.712. The van der Waals surface area contributed by atoms with Crippen molar-refractivity contribution in [2.75, 3.05) is 0 Å². The van der Waals surface area contributed by atoms with Gasteiger partial charge in [0.15, 0.2) is 0 Å². The van der Waals surface area contributed by atoms with E-state index < -0.39 is 5.97 Å². The second-order valence-electron chi connectivity index (χ2n) is 5.52. The first-order valence-electron chi connectivity index (χ1n) is 7.34. The number of phenols is 2. The van der Waals surface area contributed by atoms with Gasteiger partial charge in [-0.05, 0) is 44.2 Å². The highest BCUT2D eigenvalue weighted by Crippen LogP contribution is 2.30. The number of fused-ring (bicyclic) bond motifs is 1. The molecule has 2 N–H and O–H groups in total. The van der Waals surface area contributed by atoms with E-state index >= 15 is 0 Å². The predicted molar refractivity (Wildman–Crippen MR) is 76.1 cm³/mol. The Bertz CT molecular complexity index is 482. The lowest BCUT2D eigenvalue weighted by Gasteiger charge is -2.17. The molecule has 0 aromatic heterocycles. The van der Waals surface area contributed by atoms with Crippen LogP contribution in [0.1, 0.15) is 61.4 Å². The molecule has 1 aromatic rings. The topological polar surface area (TPSA) is 66.8 Å². The third kappa shape index (κ3) is 3.65. The number of hydrogen-bond donors (Lipinski definition) is 2. The van der Waals surface area contributed by atoms with Crippen LogP contribution in [0.25, 0.3) is 0 Å². The number of carbonyl (C=O) groups is 1. The highest BCUT2D eigenvalue weighted by molar-refractivity contribution is 5.94. The van der Waals surface area contributed by atoms with E-state index in [2.05, 4.69) is 0 Å². The summed E-state index contributed by atoms with van der Waals surface area (Å²) in [5.41, 5.74) is 0.871. The molecule has 110 valence electrons. The van der Waals surface area contributed by atoms with Crippen LogP contribution in [-0.4, -0.2) is 22.3 Å². The van der Waals surface area contributed by atoms with Crippen molar-refractivity contribution >= 4 is 5.97 Å². The van der Waals surface area contributed by atoms with Gasteiger partial charge in [0.05, 0.1) is 6.10 Å². The molecule has 1 aromatic carbocycles. The third-order valence-electron chi connectivity index (χ3n) is 3.75. The molecular weight excluding hydrogens is 256 g/mol. The number of cyclic esters (lactones) is 1. The van der Waals surface area contributed by atoms with Crippen molar-refractivity contribution in [3.63, 3.8) is 0 Å². The highest BCUT2D eigenvalue weighted by atomic mass is 16.5. The molecule has 0 saturated carbocycles. The number of phenolic OH excluding ortho intramolecular Hbond substituents is 2. The van der Waals surface area contributed by atoms with Crippen molar-refractivity contribution in [3.8, 4) is 11.5 Å². The average molecular weight is 278 g/mol. The largest absolute Gasteiger partial charge is 0.508 e. The van der Waals surface area contributed by atoms with Gasteiger partial charge in [0.2, 0.25) is 0 Å². The van der Waals surface area contributed by atoms with Gasteiger partial charge >= 0.3 is 5.97 Å². The molecule has 1 aliphatic heterocycles. The molecule has 1 atom stereocenters. The molecule has 20 heavy (non-hydrogen) atoms. The minimum absolute atomic E-state index is 0.0193. The van der Waals surface area contributed by atoms with E-state index in [0.717, 1.165) is 32.1 Å². The van der Waals surface area contributed by atoms with Gasteiger partial charge in [-0.15, -0.1) is 0 Å². The summed E-state index contributed by atoms with van der Waals surface area (Å²) in [5.74, 6) is -0.714. The summed E-state index contributed by atoms with van der Waals surface area (Å²) in [6, 6.07) is 2.74. The SMILES string of the molecule is C[C@H]1CCCCCCCc2cc(O)cc(O)c2C(=O)O1. The Balaban J connectivity index is 2.31. The number of aromatic hydroxyl groups is 2. The number of ether oxygens (including phenoxy) is 1. The lowest BCUT2D eigenvalue weighted by Crippen LogP contribution is -2.17. The van der Waals surface area contributed by atoms with Gasteiger partial charge in [0.25, 0.3) is 0 Å². The number of esters is 1. The molecule has 1 heterocycles. The molecule has 0 unspecified atom stereocenters. The molecule has 0 fully saturated rings. The molecule has 4 heteroatoms. The molecule has 0 aliphatic carbocycles. The maximum Gasteiger partial charge on any atom is 0.342 e. The fourth-order valence-corrected chi connectivity index (χ4v) is 2.68. The molecule has 0 bridgehead atoms. The maximum absolute atomic E-state index is 12.2. The van der Waals surface area contributed by atoms with Crippen LogP contribution in [0.15, 0.2) is 12.1 Å². The fraction of sp³-hybridized carbons (Fsp3) is 0.562. The molecule has 1 aliphatic rings. The van der Waals surface area contributed by atoms with Crippen LogP contribution in [0.4, 0.5) is 0 Å². The van der Waals surface area contributed by atoms with Crippen LogP contribution in [0.5, 0.6) is 11.5 Å². The Morgan fingerprint density at radius 1 is 1.10 bits per heavy atom. The maximum atomic E-state index is 12.2. The van der Waals surface area contributed by atoms with E-state index in [1.54, 1.807) is 6.07 Å². The summed E-state index contributed by atoms with van der Waals surface area (Å²) in [4.78, 5) is 12.2. The van der Waals surface area contributed by atoms with E-state index in [1.807, 2.05) is 6.92 Å². The van der Waals surface area contributed by atoms with Gasteiger partial charge in [-0.25, -0.2) is 4.79 Å². The van der Waals surface area contributed by atoms with E-state index in [4.69, 9.17) is 4.74 Å². The summed E-state index contributed by atoms with van der Waals surface area (Å²) in [6.45, 7) is 1.88. The number of carbonyl (C=O) groups excluding carboxylic acids is 1. The Morgan fingerprint density at radius 2 is 1.80 bits per heavy atom. The van der Waals surface area contributed by atoms with Gasteiger partial charge in [-0.2, -0.15) is 0 Å². The van der Waals surface area contributed by atoms with Crippen LogP contribution in [0, 0.1) is 0 Å². The second-order valence-corrected chi connectivity index (χ2v) is 5.52. The Morgan fingerprint density at radius 3 is 2.60 bits per heavy atom. The first kappa shape index (κ1) is 14.7. The van der Waals surface area contributed by atoms with Crippen molar-refractivity contribution in [2.24, 2.45) is 0 Å². The molecular formula is C16H22O4. The van der Waals surface area contributed by atoms with Crippen LogP contribution in [0.3, 0.4) is 0 Å². The first-order chi connectivity index (χ1) is 9.58. The number of aryl methyl sites for hydroxylation is 1. The van der Waals surface area contributed by atoms with E-state index in [0.29, 0.717) is 12.0 Å². The van der Waals surface area contributed by atoms with Gasteiger partial charge in [0, 0.05) is 6.07 Å². The van der Waals surface area contributed by atoms with Crippen LogP contribution < -0.4 is 0 Å². The highest BCUT2D eigenvalue weighted by Gasteiger charge is 2.21. The van der Waals surface area contributed by atoms with Crippen molar-refractivity contribution < 1.29 is 19.7 Å². The van der Waals surface area contributed by atoms with Crippen molar-refractivity contribution in [1.29, 1.82) is 0 Å². The summed E-state index contributed by atoms with van der Waals surface area (Å²) in [7, 11) is 0. The summed E-state index contributed by atoms with van der Waals surface area (Å²) in [6.07, 6.45) is 6.78. The minimum atomic E-state index is -0.495. The fourth-order valence-electron chi connectivity index (χ4n) is 2.68. The van der Waals surface area contributed by atoms with Crippen molar-refractivity contribution in [3.05, 3.63) is 23.3 Å². The van der Waals surface area contributed by atoms with Gasteiger partial charge in [0.1, 0.15) is 17.1 Å². The molecule has 0 saturated heterocycles. The standard InChI is InChI=1S/C16H22O4/c1-11-7-5-3-2-4-6-8-12-9-13(17)10-14(18)15(12)16(19)20-11/h9-11,17-18H,2-8H2,1H3/t11-/m0/s1. The summed E-state index contributed by atoms with van der Waals surface area (Å²) in [5, 5.41) is 19.5. The Hall–Kier alpha value is -1.71. The lowest BCUT2D eigenvalue weighted by molar-refractivity contribution is 0.0314. The molecule has 0 spiro atoms. The summed E-state index contributed by atoms with van der Waals surface area (Å²) < 4.78 is 5.39. The minimum Gasteiger partial charge on any atom is -0.508 e. The molecule has 4 nitrogen and oxygen atoms in total. The Labute approximate surface area is 119 Å². The van der Waals surface area contributed by atoms with E-state index in [-0.39, 0.29) is 23.2 Å². The van der Waals surface area contributed by atoms with Crippen LogP contribution in [0.2, 0.25) is 0 Å². The van der Waals surface area contributed by atoms with Crippen molar-refractivity contribution in [1.82, 2.24) is 0 Å². The normalized spacial score (nSPS) is 21.2. The zero-order valence-corrected chi connectivity index (χ0v) is 11.9. The second kappa shape index (κ2) is 6.64. The predicted octanol–water partition coefficient (Wildman–Crippen LogP) is 3.54. The van der Waals surface area contributed by atoms with Gasteiger partial charge in [-0.3, -0.25) is 0 Å². The average Bonchev–Trinajstić information content (AvgIpc) is 2.35. The monoisotopic (exact) mass is 278 g/mol. The summed E-state index contributed by atoms with van der Waals surface area (Å²) >= 11 is 0. The van der Waals surface area contributed by atoms with Gasteiger partial charge < -0.3 is 14.9 Å². The molecule has 0 amide bonds. The van der Waals surface area contributed by atoms with E-state index in [9.17, 15) is 15.0 Å². The molecule has 0 radical (unpaired) electrons. The number of benzene rings is 1. The molecule has 2 rings (SSSR count). The van der Waals surface area contributed by atoms with Crippen LogP contribution in [-0.2, 0) is 11.2 Å². The zero-order valence-electron chi connectivity index (χ0n) is 11.9. The van der Waals surface area contributed by atoms with Crippen molar-refractivity contribution in [2.45, 2.75) is 58.0 Å². The van der Waals surface area contributed by atoms with E-state index in [1.165, 1.54) is 12.5 Å². The lowest BCUT2D eigenvalue weighted by atomic mass is 9.98. The van der Waals surface area contributed by atoms with Gasteiger partial charge in [-0.1, -0.05) is 19.3 Å². The first-order valence-corrected chi connectivity index (χ1v) is 7.34. The number of hydrogen-bond acceptors (Lipinski definition) is 4. The Kier molecular flexibility index (Phi) is 4.88. The zero-order chi connectivity index (χ0) is 14.5. The number of rotatable bonds is 0.